The summed E-state index contributed by atoms with van der Waals surface area (Å²) in [6, 6.07) is 11.3. The predicted octanol–water partition coefficient (Wildman–Crippen LogP) is 2.19. The number of hydrogen-bond donors (Lipinski definition) is 3. The van der Waals surface area contributed by atoms with Gasteiger partial charge in [0.15, 0.2) is 0 Å². The third kappa shape index (κ3) is 3.36. The molecule has 0 aliphatic heterocycles. The number of nitrogens with one attached hydrogen (secondary N) is 3. The van der Waals surface area contributed by atoms with Crippen molar-refractivity contribution in [2.75, 3.05) is 5.32 Å². The molecule has 0 aliphatic carbocycles. The summed E-state index contributed by atoms with van der Waals surface area (Å²) < 4.78 is 0. The maximum absolute atomic E-state index is 12.1. The van der Waals surface area contributed by atoms with E-state index in [0.717, 1.165) is 5.69 Å². The number of rotatable bonds is 5. The van der Waals surface area contributed by atoms with Gasteiger partial charge in [0.2, 0.25) is 0 Å². The third-order valence-corrected chi connectivity index (χ3v) is 2.70. The fourth-order valence-electron chi connectivity index (χ4n) is 1.71. The standard InChI is InChI=1S/C14H15N5O/c1-10(7-8-15)17-14(20)12-9-16-19-13(12)18-11-5-3-2-4-6-11/h2-6,9-10H,7H2,1H3,(H,17,20)(H2,16,18,19)/t10-/m1/s1. The Labute approximate surface area is 116 Å². The molecule has 3 N–H and O–H groups in total. The van der Waals surface area contributed by atoms with E-state index in [0.29, 0.717) is 11.4 Å². The first-order valence-corrected chi connectivity index (χ1v) is 6.24. The smallest absolute Gasteiger partial charge is 0.256 e. The van der Waals surface area contributed by atoms with Gasteiger partial charge in [-0.3, -0.25) is 9.89 Å². The molecule has 1 aromatic heterocycles. The molecule has 0 unspecified atom stereocenters. The number of anilines is 2. The highest BCUT2D eigenvalue weighted by Crippen LogP contribution is 2.17. The van der Waals surface area contributed by atoms with Gasteiger partial charge in [0, 0.05) is 11.7 Å². The van der Waals surface area contributed by atoms with Gasteiger partial charge in [0.05, 0.1) is 18.7 Å². The number of carbonyl (C=O) groups excluding carboxylic acids is 1. The summed E-state index contributed by atoms with van der Waals surface area (Å²) in [5, 5.41) is 21.1. The summed E-state index contributed by atoms with van der Waals surface area (Å²) in [7, 11) is 0. The first kappa shape index (κ1) is 13.6. The monoisotopic (exact) mass is 269 g/mol. The minimum Gasteiger partial charge on any atom is -0.348 e. The SMILES string of the molecule is C[C@H](CC#N)NC(=O)c1cn[nH]c1Nc1ccccc1. The van der Waals surface area contributed by atoms with Gasteiger partial charge in [-0.25, -0.2) is 0 Å². The minimum absolute atomic E-state index is 0.202. The van der Waals surface area contributed by atoms with Crippen molar-refractivity contribution in [1.82, 2.24) is 15.5 Å². The molecule has 0 spiro atoms. The number of aromatic nitrogens is 2. The van der Waals surface area contributed by atoms with E-state index in [1.54, 1.807) is 6.92 Å². The third-order valence-electron chi connectivity index (χ3n) is 2.70. The van der Waals surface area contributed by atoms with Crippen molar-refractivity contribution in [1.29, 1.82) is 5.26 Å². The van der Waals surface area contributed by atoms with Crippen LogP contribution in [0.2, 0.25) is 0 Å². The van der Waals surface area contributed by atoms with E-state index in [-0.39, 0.29) is 18.4 Å². The van der Waals surface area contributed by atoms with Crippen LogP contribution in [0.4, 0.5) is 11.5 Å². The first-order chi connectivity index (χ1) is 9.70. The highest BCUT2D eigenvalue weighted by molar-refractivity contribution is 5.99. The van der Waals surface area contributed by atoms with E-state index >= 15 is 0 Å². The zero-order chi connectivity index (χ0) is 14.4. The lowest BCUT2D eigenvalue weighted by Crippen LogP contribution is -2.32. The van der Waals surface area contributed by atoms with Gasteiger partial charge in [0.25, 0.3) is 5.91 Å². The molecule has 2 aromatic rings. The molecular formula is C14H15N5O. The van der Waals surface area contributed by atoms with Crippen LogP contribution in [-0.2, 0) is 0 Å². The molecule has 0 fully saturated rings. The molecule has 0 bridgehead atoms. The molecule has 1 atom stereocenters. The lowest BCUT2D eigenvalue weighted by Gasteiger charge is -2.11. The Bertz CT molecular complexity index is 614. The molecule has 1 amide bonds. The fourth-order valence-corrected chi connectivity index (χ4v) is 1.71. The van der Waals surface area contributed by atoms with Crippen molar-refractivity contribution >= 4 is 17.4 Å². The van der Waals surface area contributed by atoms with Crippen LogP contribution in [0.3, 0.4) is 0 Å². The van der Waals surface area contributed by atoms with Gasteiger partial charge in [-0.05, 0) is 19.1 Å². The van der Waals surface area contributed by atoms with E-state index in [1.807, 2.05) is 36.4 Å². The van der Waals surface area contributed by atoms with Crippen molar-refractivity contribution in [2.24, 2.45) is 0 Å². The summed E-state index contributed by atoms with van der Waals surface area (Å²) in [5.74, 6) is 0.262. The topological polar surface area (TPSA) is 93.6 Å². The zero-order valence-electron chi connectivity index (χ0n) is 11.1. The lowest BCUT2D eigenvalue weighted by atomic mass is 10.2. The Balaban J connectivity index is 2.09. The summed E-state index contributed by atoms with van der Waals surface area (Å²) in [4.78, 5) is 12.1. The number of aromatic amines is 1. The highest BCUT2D eigenvalue weighted by atomic mass is 16.1. The normalized spacial score (nSPS) is 11.4. The van der Waals surface area contributed by atoms with E-state index in [2.05, 4.69) is 20.8 Å². The largest absolute Gasteiger partial charge is 0.348 e. The molecule has 20 heavy (non-hydrogen) atoms. The Morgan fingerprint density at radius 3 is 2.90 bits per heavy atom. The number of carbonyl (C=O) groups is 1. The van der Waals surface area contributed by atoms with Crippen molar-refractivity contribution in [3.8, 4) is 6.07 Å². The Morgan fingerprint density at radius 2 is 2.20 bits per heavy atom. The maximum Gasteiger partial charge on any atom is 0.256 e. The average molecular weight is 269 g/mol. The summed E-state index contributed by atoms with van der Waals surface area (Å²) in [5.41, 5.74) is 1.27. The second kappa shape index (κ2) is 6.38. The summed E-state index contributed by atoms with van der Waals surface area (Å²) in [6.45, 7) is 1.78. The Morgan fingerprint density at radius 1 is 1.45 bits per heavy atom. The molecule has 102 valence electrons. The van der Waals surface area contributed by atoms with Crippen LogP contribution in [0.1, 0.15) is 23.7 Å². The lowest BCUT2D eigenvalue weighted by molar-refractivity contribution is 0.0942. The molecule has 0 saturated heterocycles. The molecule has 0 saturated carbocycles. The van der Waals surface area contributed by atoms with Gasteiger partial charge in [0.1, 0.15) is 11.4 Å². The number of benzene rings is 1. The van der Waals surface area contributed by atoms with Crippen LogP contribution in [-0.4, -0.2) is 22.1 Å². The average Bonchev–Trinajstić information content (AvgIpc) is 2.88. The van der Waals surface area contributed by atoms with Gasteiger partial charge in [-0.15, -0.1) is 0 Å². The molecular weight excluding hydrogens is 254 g/mol. The summed E-state index contributed by atoms with van der Waals surface area (Å²) >= 11 is 0. The quantitative estimate of drug-likeness (QED) is 0.775. The second-order valence-electron chi connectivity index (χ2n) is 4.39. The summed E-state index contributed by atoms with van der Waals surface area (Å²) in [6.07, 6.45) is 1.73. The molecule has 2 rings (SSSR count). The highest BCUT2D eigenvalue weighted by Gasteiger charge is 2.15. The van der Waals surface area contributed by atoms with Crippen molar-refractivity contribution in [3.05, 3.63) is 42.1 Å². The zero-order valence-corrected chi connectivity index (χ0v) is 11.1. The Kier molecular flexibility index (Phi) is 4.35. The van der Waals surface area contributed by atoms with Crippen LogP contribution >= 0.6 is 0 Å². The van der Waals surface area contributed by atoms with Crippen molar-refractivity contribution in [2.45, 2.75) is 19.4 Å². The van der Waals surface area contributed by atoms with E-state index < -0.39 is 0 Å². The molecule has 0 radical (unpaired) electrons. The van der Waals surface area contributed by atoms with Gasteiger partial charge >= 0.3 is 0 Å². The molecule has 0 aliphatic rings. The molecule has 1 heterocycles. The maximum atomic E-state index is 12.1. The fraction of sp³-hybridized carbons (Fsp3) is 0.214. The van der Waals surface area contributed by atoms with E-state index in [9.17, 15) is 4.79 Å². The van der Waals surface area contributed by atoms with Crippen LogP contribution in [0.25, 0.3) is 0 Å². The molecule has 6 nitrogen and oxygen atoms in total. The number of nitriles is 1. The van der Waals surface area contributed by atoms with Crippen LogP contribution in [0.5, 0.6) is 0 Å². The van der Waals surface area contributed by atoms with Crippen molar-refractivity contribution < 1.29 is 4.79 Å². The van der Waals surface area contributed by atoms with Crippen LogP contribution < -0.4 is 10.6 Å². The van der Waals surface area contributed by atoms with Crippen LogP contribution in [0.15, 0.2) is 36.5 Å². The van der Waals surface area contributed by atoms with Gasteiger partial charge < -0.3 is 10.6 Å². The van der Waals surface area contributed by atoms with Crippen molar-refractivity contribution in [3.63, 3.8) is 0 Å². The molecule has 1 aromatic carbocycles. The van der Waals surface area contributed by atoms with Crippen LogP contribution in [0, 0.1) is 11.3 Å². The van der Waals surface area contributed by atoms with Gasteiger partial charge in [-0.1, -0.05) is 18.2 Å². The Hall–Kier alpha value is -2.81. The van der Waals surface area contributed by atoms with E-state index in [4.69, 9.17) is 5.26 Å². The van der Waals surface area contributed by atoms with E-state index in [1.165, 1.54) is 6.20 Å². The number of nitrogens with zero attached hydrogens (tertiary/aromatic N) is 2. The minimum atomic E-state index is -0.264. The predicted molar refractivity (Wildman–Crippen MR) is 75.5 cm³/mol. The number of hydrogen-bond acceptors (Lipinski definition) is 4. The number of para-hydroxylation sites is 1. The van der Waals surface area contributed by atoms with Gasteiger partial charge in [-0.2, -0.15) is 10.4 Å². The second-order valence-corrected chi connectivity index (χ2v) is 4.39. The first-order valence-electron chi connectivity index (χ1n) is 6.24. The number of amides is 1. The molecule has 6 heteroatoms. The number of H-pyrrole nitrogens is 1.